The number of nitrogens with one attached hydrogen (secondary N) is 1. The second-order valence-electron chi connectivity index (χ2n) is 5.94. The fraction of sp³-hybridized carbons (Fsp3) is 0.333. The van der Waals surface area contributed by atoms with E-state index in [-0.39, 0.29) is 11.1 Å². The molecule has 1 amide bonds. The predicted octanol–water partition coefficient (Wildman–Crippen LogP) is 0.724. The number of hydrogen-bond acceptors (Lipinski definition) is 3. The molecule has 2 aromatic rings. The number of para-hydroxylation sites is 2. The number of benzene rings is 1. The number of hydrogen-bond donors (Lipinski definition) is 2. The monoisotopic (exact) mass is 286 g/mol. The van der Waals surface area contributed by atoms with E-state index in [9.17, 15) is 10.0 Å². The van der Waals surface area contributed by atoms with Crippen molar-refractivity contribution in [3.05, 3.63) is 47.2 Å². The molecule has 2 atom stereocenters. The van der Waals surface area contributed by atoms with E-state index in [1.54, 1.807) is 20.2 Å². The molecule has 6 heteroatoms. The van der Waals surface area contributed by atoms with Crippen LogP contribution in [0.4, 0.5) is 5.69 Å². The summed E-state index contributed by atoms with van der Waals surface area (Å²) in [5.41, 5.74) is 7.39. The standard InChI is InChI=1S/C15H18N4O2/c1-9-12-13(15(2,3)14(16)20)17-8-18(12)10-6-4-5-7-11(10)19(9)21/h4-9,19H,1-3H3,(H2,16,20). The zero-order valence-electron chi connectivity index (χ0n) is 12.3. The Bertz CT molecular complexity index is 720. The van der Waals surface area contributed by atoms with Gasteiger partial charge in [0.2, 0.25) is 5.91 Å². The maximum Gasteiger partial charge on any atom is 0.229 e. The van der Waals surface area contributed by atoms with Crippen LogP contribution in [0.5, 0.6) is 0 Å². The average Bonchev–Trinajstić information content (AvgIpc) is 2.90. The van der Waals surface area contributed by atoms with Gasteiger partial charge in [0.15, 0.2) is 5.69 Å². The van der Waals surface area contributed by atoms with E-state index >= 15 is 0 Å². The van der Waals surface area contributed by atoms with Crippen molar-refractivity contribution in [2.24, 2.45) is 5.73 Å². The molecule has 3 rings (SSSR count). The van der Waals surface area contributed by atoms with E-state index in [1.165, 1.54) is 0 Å². The summed E-state index contributed by atoms with van der Waals surface area (Å²) in [5, 5.41) is 12.6. The number of nitrogens with two attached hydrogens (primary N) is 1. The minimum Gasteiger partial charge on any atom is -0.628 e. The summed E-state index contributed by atoms with van der Waals surface area (Å²) in [5.74, 6) is -0.456. The fourth-order valence-corrected chi connectivity index (χ4v) is 2.81. The molecule has 0 radical (unpaired) electrons. The molecule has 1 aromatic carbocycles. The quantitative estimate of drug-likeness (QED) is 0.797. The molecule has 2 unspecified atom stereocenters. The van der Waals surface area contributed by atoms with Gasteiger partial charge in [0.25, 0.3) is 0 Å². The highest BCUT2D eigenvalue weighted by Crippen LogP contribution is 2.34. The second kappa shape index (κ2) is 4.41. The zero-order chi connectivity index (χ0) is 15.4. The van der Waals surface area contributed by atoms with Crippen LogP contribution >= 0.6 is 0 Å². The van der Waals surface area contributed by atoms with Crippen molar-refractivity contribution in [2.45, 2.75) is 32.2 Å². The van der Waals surface area contributed by atoms with Gasteiger partial charge < -0.3 is 16.0 Å². The summed E-state index contributed by atoms with van der Waals surface area (Å²) in [6.07, 6.45) is 1.66. The number of hydroxylamine groups is 1. The summed E-state index contributed by atoms with van der Waals surface area (Å²) in [6, 6.07) is 7.07. The van der Waals surface area contributed by atoms with Gasteiger partial charge in [-0.1, -0.05) is 12.1 Å². The molecular weight excluding hydrogens is 268 g/mol. The van der Waals surface area contributed by atoms with Crippen molar-refractivity contribution in [1.82, 2.24) is 9.55 Å². The van der Waals surface area contributed by atoms with Crippen molar-refractivity contribution < 1.29 is 9.86 Å². The van der Waals surface area contributed by atoms with Gasteiger partial charge in [-0.25, -0.2) is 4.98 Å². The van der Waals surface area contributed by atoms with Crippen LogP contribution in [0, 0.1) is 5.21 Å². The van der Waals surface area contributed by atoms with Gasteiger partial charge in [-0.05, 0) is 26.8 Å². The van der Waals surface area contributed by atoms with Crippen molar-refractivity contribution in [3.8, 4) is 5.69 Å². The molecule has 1 aliphatic rings. The Labute approximate surface area is 122 Å². The normalized spacial score (nSPS) is 20.8. The number of carbonyl (C=O) groups excluding carboxylic acids is 1. The van der Waals surface area contributed by atoms with Crippen molar-refractivity contribution in [3.63, 3.8) is 0 Å². The van der Waals surface area contributed by atoms with Gasteiger partial charge in [-0.15, -0.1) is 0 Å². The van der Waals surface area contributed by atoms with Gasteiger partial charge in [-0.2, -0.15) is 0 Å². The van der Waals surface area contributed by atoms with Crippen LogP contribution in [0.2, 0.25) is 0 Å². The van der Waals surface area contributed by atoms with Crippen LogP contribution in [0.3, 0.4) is 0 Å². The highest BCUT2D eigenvalue weighted by molar-refractivity contribution is 5.85. The van der Waals surface area contributed by atoms with E-state index in [1.807, 2.05) is 35.8 Å². The molecule has 0 fully saturated rings. The van der Waals surface area contributed by atoms with E-state index in [0.717, 1.165) is 11.4 Å². The highest BCUT2D eigenvalue weighted by atomic mass is 16.5. The van der Waals surface area contributed by atoms with Crippen molar-refractivity contribution in [1.29, 1.82) is 0 Å². The van der Waals surface area contributed by atoms with Gasteiger partial charge in [-0.3, -0.25) is 9.36 Å². The molecule has 0 saturated carbocycles. The molecule has 0 aliphatic carbocycles. The van der Waals surface area contributed by atoms with E-state index in [2.05, 4.69) is 4.98 Å². The van der Waals surface area contributed by atoms with E-state index in [0.29, 0.717) is 11.4 Å². The number of carbonyl (C=O) groups is 1. The summed E-state index contributed by atoms with van der Waals surface area (Å²) in [6.45, 7) is 5.30. The molecule has 6 nitrogen and oxygen atoms in total. The Morgan fingerprint density at radius 1 is 1.43 bits per heavy atom. The number of rotatable bonds is 2. The summed E-state index contributed by atoms with van der Waals surface area (Å²) in [7, 11) is 0. The molecular formula is C15H18N4O2. The lowest BCUT2D eigenvalue weighted by Crippen LogP contribution is -3.03. The number of amides is 1. The Hall–Kier alpha value is -2.18. The smallest absolute Gasteiger partial charge is 0.229 e. The third-order valence-corrected chi connectivity index (χ3v) is 4.24. The lowest BCUT2D eigenvalue weighted by atomic mass is 9.85. The van der Waals surface area contributed by atoms with Crippen LogP contribution in [-0.2, 0) is 10.2 Å². The van der Waals surface area contributed by atoms with Crippen LogP contribution in [0.25, 0.3) is 5.69 Å². The molecule has 0 saturated heterocycles. The lowest BCUT2D eigenvalue weighted by molar-refractivity contribution is -0.813. The predicted molar refractivity (Wildman–Crippen MR) is 78.2 cm³/mol. The SMILES string of the molecule is CC1c2c(C(C)(C)C(N)=O)ncn2-c2ccccc2[NH+]1[O-]. The average molecular weight is 286 g/mol. The largest absolute Gasteiger partial charge is 0.628 e. The number of quaternary nitrogens is 1. The molecule has 110 valence electrons. The number of imidazole rings is 1. The van der Waals surface area contributed by atoms with Gasteiger partial charge in [0, 0.05) is 6.07 Å². The first-order chi connectivity index (χ1) is 9.85. The first kappa shape index (κ1) is 13.8. The molecule has 3 N–H and O–H groups in total. The fourth-order valence-electron chi connectivity index (χ4n) is 2.81. The minimum atomic E-state index is -0.915. The van der Waals surface area contributed by atoms with Gasteiger partial charge in [0.05, 0.1) is 11.1 Å². The Morgan fingerprint density at radius 2 is 2.10 bits per heavy atom. The van der Waals surface area contributed by atoms with E-state index in [4.69, 9.17) is 5.73 Å². The number of fused-ring (bicyclic) bond motifs is 3. The number of nitrogens with zero attached hydrogens (tertiary/aromatic N) is 2. The summed E-state index contributed by atoms with van der Waals surface area (Å²) < 4.78 is 1.89. The third-order valence-electron chi connectivity index (χ3n) is 4.24. The van der Waals surface area contributed by atoms with Crippen molar-refractivity contribution >= 4 is 11.6 Å². The first-order valence-corrected chi connectivity index (χ1v) is 6.87. The summed E-state index contributed by atoms with van der Waals surface area (Å²) >= 11 is 0. The topological polar surface area (TPSA) is 88.4 Å². The Balaban J connectivity index is 2.27. The Kier molecular flexibility index (Phi) is 2.89. The Morgan fingerprint density at radius 3 is 2.76 bits per heavy atom. The zero-order valence-corrected chi connectivity index (χ0v) is 12.3. The van der Waals surface area contributed by atoms with Crippen LogP contribution in [0.1, 0.15) is 38.2 Å². The number of primary amides is 1. The molecule has 21 heavy (non-hydrogen) atoms. The van der Waals surface area contributed by atoms with Crippen LogP contribution in [-0.4, -0.2) is 15.5 Å². The van der Waals surface area contributed by atoms with Crippen molar-refractivity contribution in [2.75, 3.05) is 0 Å². The van der Waals surface area contributed by atoms with Crippen LogP contribution < -0.4 is 10.8 Å². The summed E-state index contributed by atoms with van der Waals surface area (Å²) in [4.78, 5) is 16.1. The maximum absolute atomic E-state index is 12.6. The second-order valence-corrected chi connectivity index (χ2v) is 5.94. The van der Waals surface area contributed by atoms with Crippen LogP contribution in [0.15, 0.2) is 30.6 Å². The highest BCUT2D eigenvalue weighted by Gasteiger charge is 2.39. The molecule has 1 aromatic heterocycles. The van der Waals surface area contributed by atoms with Gasteiger partial charge in [0.1, 0.15) is 23.8 Å². The maximum atomic E-state index is 12.6. The third kappa shape index (κ3) is 1.80. The molecule has 2 heterocycles. The molecule has 0 spiro atoms. The minimum absolute atomic E-state index is 0.0418. The number of aromatic nitrogens is 2. The molecule has 0 bridgehead atoms. The molecule has 1 aliphatic heterocycles. The first-order valence-electron chi connectivity index (χ1n) is 6.87. The van der Waals surface area contributed by atoms with E-state index < -0.39 is 11.3 Å². The van der Waals surface area contributed by atoms with Gasteiger partial charge >= 0.3 is 0 Å². The lowest BCUT2D eigenvalue weighted by Gasteiger charge is -2.36.